The first kappa shape index (κ1) is 11.0. The summed E-state index contributed by atoms with van der Waals surface area (Å²) >= 11 is 0. The van der Waals surface area contributed by atoms with Gasteiger partial charge in [-0.15, -0.1) is 0 Å². The third-order valence-electron chi connectivity index (χ3n) is 3.89. The molecule has 0 aromatic carbocycles. The maximum absolute atomic E-state index is 5.77. The van der Waals surface area contributed by atoms with Crippen molar-refractivity contribution in [3.63, 3.8) is 0 Å². The van der Waals surface area contributed by atoms with E-state index in [9.17, 15) is 0 Å². The second-order valence-corrected chi connectivity index (χ2v) is 5.07. The Morgan fingerprint density at radius 2 is 2.29 bits per heavy atom. The van der Waals surface area contributed by atoms with Crippen molar-refractivity contribution < 1.29 is 4.74 Å². The highest BCUT2D eigenvalue weighted by Crippen LogP contribution is 2.35. The van der Waals surface area contributed by atoms with Crippen molar-refractivity contribution in [3.05, 3.63) is 18.0 Å². The van der Waals surface area contributed by atoms with E-state index >= 15 is 0 Å². The fourth-order valence-corrected chi connectivity index (χ4v) is 3.04. The highest BCUT2D eigenvalue weighted by atomic mass is 16.5. The summed E-state index contributed by atoms with van der Waals surface area (Å²) in [6.45, 7) is 2.91. The normalized spacial score (nSPS) is 32.2. The van der Waals surface area contributed by atoms with Gasteiger partial charge in [0.25, 0.3) is 0 Å². The molecule has 2 heterocycles. The van der Waals surface area contributed by atoms with Gasteiger partial charge < -0.3 is 10.1 Å². The van der Waals surface area contributed by atoms with E-state index in [-0.39, 0.29) is 0 Å². The number of nitrogens with one attached hydrogen (secondary N) is 1. The summed E-state index contributed by atoms with van der Waals surface area (Å²) in [6, 6.07) is 2.41. The van der Waals surface area contributed by atoms with Crippen molar-refractivity contribution in [2.24, 2.45) is 5.92 Å². The van der Waals surface area contributed by atoms with Crippen LogP contribution in [0, 0.1) is 12.8 Å². The zero-order valence-corrected chi connectivity index (χ0v) is 10.2. The molecule has 0 amide bonds. The number of ether oxygens (including phenoxy) is 1. The summed E-state index contributed by atoms with van der Waals surface area (Å²) in [6.07, 6.45) is 7.12. The second-order valence-electron chi connectivity index (χ2n) is 5.07. The largest absolute Gasteiger partial charge is 0.378 e. The Hall–Kier alpha value is -1.16. The topological polar surface area (TPSA) is 47.0 Å². The molecule has 1 aromatic heterocycles. The summed E-state index contributed by atoms with van der Waals surface area (Å²) in [5.74, 6) is 1.41. The van der Waals surface area contributed by atoms with Gasteiger partial charge >= 0.3 is 0 Å². The van der Waals surface area contributed by atoms with E-state index in [1.54, 1.807) is 0 Å². The van der Waals surface area contributed by atoms with Crippen LogP contribution in [0.3, 0.4) is 0 Å². The van der Waals surface area contributed by atoms with Crippen molar-refractivity contribution in [3.8, 4) is 0 Å². The Balaban J connectivity index is 1.71. The zero-order valence-electron chi connectivity index (χ0n) is 10.2. The zero-order chi connectivity index (χ0) is 11.7. The third-order valence-corrected chi connectivity index (χ3v) is 3.89. The predicted octanol–water partition coefficient (Wildman–Crippen LogP) is 2.15. The number of anilines is 1. The number of rotatable bonds is 2. The van der Waals surface area contributed by atoms with E-state index in [1.165, 1.54) is 25.7 Å². The van der Waals surface area contributed by atoms with Gasteiger partial charge in [0.05, 0.1) is 6.10 Å². The minimum absolute atomic E-state index is 0.464. The van der Waals surface area contributed by atoms with Gasteiger partial charge in [-0.2, -0.15) is 0 Å². The molecule has 2 aliphatic rings. The van der Waals surface area contributed by atoms with Crippen LogP contribution in [-0.2, 0) is 4.74 Å². The fourth-order valence-electron chi connectivity index (χ4n) is 3.04. The fraction of sp³-hybridized carbons (Fsp3) is 0.692. The maximum atomic E-state index is 5.77. The van der Waals surface area contributed by atoms with Crippen molar-refractivity contribution in [2.75, 3.05) is 11.9 Å². The standard InChI is InChI=1S/C13H19N3O/c1-9-5-7-14-13(15-9)16-11-3-2-4-12-10(11)6-8-17-12/h5,7,10-12H,2-4,6,8H2,1H3,(H,14,15,16)/t10-,11+,12+/m0/s1. The van der Waals surface area contributed by atoms with Crippen molar-refractivity contribution in [1.29, 1.82) is 0 Å². The van der Waals surface area contributed by atoms with Crippen LogP contribution in [0.1, 0.15) is 31.4 Å². The van der Waals surface area contributed by atoms with E-state index in [1.807, 2.05) is 19.2 Å². The van der Waals surface area contributed by atoms with Crippen LogP contribution < -0.4 is 5.32 Å². The molecule has 0 radical (unpaired) electrons. The van der Waals surface area contributed by atoms with Crippen LogP contribution in [0.2, 0.25) is 0 Å². The van der Waals surface area contributed by atoms with Crippen molar-refractivity contribution in [2.45, 2.75) is 44.8 Å². The van der Waals surface area contributed by atoms with Crippen LogP contribution in [-0.4, -0.2) is 28.7 Å². The monoisotopic (exact) mass is 233 g/mol. The highest BCUT2D eigenvalue weighted by Gasteiger charge is 2.37. The van der Waals surface area contributed by atoms with Gasteiger partial charge in [0.2, 0.25) is 5.95 Å². The first-order chi connectivity index (χ1) is 8.33. The molecule has 1 N–H and O–H groups in total. The summed E-state index contributed by atoms with van der Waals surface area (Å²) in [5.41, 5.74) is 1.01. The van der Waals surface area contributed by atoms with Gasteiger partial charge in [-0.1, -0.05) is 0 Å². The summed E-state index contributed by atoms with van der Waals surface area (Å²) < 4.78 is 5.77. The Labute approximate surface area is 102 Å². The van der Waals surface area contributed by atoms with Gasteiger partial charge in [0, 0.05) is 30.5 Å². The Morgan fingerprint density at radius 1 is 1.35 bits per heavy atom. The molecule has 0 spiro atoms. The molecule has 92 valence electrons. The molecule has 0 unspecified atom stereocenters. The summed E-state index contributed by atoms with van der Waals surface area (Å²) in [4.78, 5) is 8.70. The summed E-state index contributed by atoms with van der Waals surface area (Å²) in [7, 11) is 0. The van der Waals surface area contributed by atoms with Gasteiger partial charge in [0.15, 0.2) is 0 Å². The molecule has 4 nitrogen and oxygen atoms in total. The molecular weight excluding hydrogens is 214 g/mol. The first-order valence-electron chi connectivity index (χ1n) is 6.51. The lowest BCUT2D eigenvalue weighted by Gasteiger charge is -2.33. The molecule has 3 atom stereocenters. The molecule has 3 rings (SSSR count). The number of nitrogens with zero attached hydrogens (tertiary/aromatic N) is 2. The lowest BCUT2D eigenvalue weighted by molar-refractivity contribution is 0.0619. The van der Waals surface area contributed by atoms with Crippen LogP contribution in [0.4, 0.5) is 5.95 Å². The van der Waals surface area contributed by atoms with Gasteiger partial charge in [-0.25, -0.2) is 9.97 Å². The van der Waals surface area contributed by atoms with E-state index in [4.69, 9.17) is 4.74 Å². The molecule has 0 bridgehead atoms. The van der Waals surface area contributed by atoms with E-state index in [2.05, 4.69) is 15.3 Å². The molecule has 1 saturated heterocycles. The third kappa shape index (κ3) is 2.27. The molecule has 1 saturated carbocycles. The van der Waals surface area contributed by atoms with Gasteiger partial charge in [-0.3, -0.25) is 0 Å². The average Bonchev–Trinajstić information content (AvgIpc) is 2.78. The smallest absolute Gasteiger partial charge is 0.223 e. The maximum Gasteiger partial charge on any atom is 0.223 e. The van der Waals surface area contributed by atoms with Gasteiger partial charge in [0.1, 0.15) is 0 Å². The van der Waals surface area contributed by atoms with Crippen LogP contribution in [0.5, 0.6) is 0 Å². The van der Waals surface area contributed by atoms with Crippen molar-refractivity contribution >= 4 is 5.95 Å². The number of aryl methyl sites for hydroxylation is 1. The highest BCUT2D eigenvalue weighted by molar-refractivity contribution is 5.27. The van der Waals surface area contributed by atoms with E-state index < -0.39 is 0 Å². The molecule has 1 aliphatic carbocycles. The molecule has 1 aromatic rings. The minimum atomic E-state index is 0.464. The van der Waals surface area contributed by atoms with Crippen LogP contribution in [0.25, 0.3) is 0 Å². The van der Waals surface area contributed by atoms with Gasteiger partial charge in [-0.05, 0) is 38.7 Å². The SMILES string of the molecule is Cc1ccnc(N[C@@H]2CCC[C@H]3OCC[C@@H]23)n1. The average molecular weight is 233 g/mol. The number of hydrogen-bond acceptors (Lipinski definition) is 4. The Kier molecular flexibility index (Phi) is 2.97. The Morgan fingerprint density at radius 3 is 3.18 bits per heavy atom. The van der Waals surface area contributed by atoms with Crippen molar-refractivity contribution in [1.82, 2.24) is 9.97 Å². The molecule has 17 heavy (non-hydrogen) atoms. The molecular formula is C13H19N3O. The number of hydrogen-bond donors (Lipinski definition) is 1. The lowest BCUT2D eigenvalue weighted by Crippen LogP contribution is -2.38. The molecule has 2 fully saturated rings. The predicted molar refractivity (Wildman–Crippen MR) is 65.9 cm³/mol. The minimum Gasteiger partial charge on any atom is -0.378 e. The first-order valence-corrected chi connectivity index (χ1v) is 6.51. The molecule has 1 aliphatic heterocycles. The van der Waals surface area contributed by atoms with Crippen LogP contribution >= 0.6 is 0 Å². The number of fused-ring (bicyclic) bond motifs is 1. The Bertz CT molecular complexity index is 396. The van der Waals surface area contributed by atoms with Crippen LogP contribution in [0.15, 0.2) is 12.3 Å². The number of aromatic nitrogens is 2. The lowest BCUT2D eigenvalue weighted by atomic mass is 9.82. The van der Waals surface area contributed by atoms with E-state index in [0.29, 0.717) is 18.1 Å². The van der Waals surface area contributed by atoms with E-state index in [0.717, 1.165) is 18.2 Å². The quantitative estimate of drug-likeness (QED) is 0.850. The summed E-state index contributed by atoms with van der Waals surface area (Å²) in [5, 5.41) is 3.49. The second kappa shape index (κ2) is 4.61. The molecule has 4 heteroatoms.